The monoisotopic (exact) mass is 782 g/mol. The van der Waals surface area contributed by atoms with E-state index < -0.39 is 13.9 Å². The van der Waals surface area contributed by atoms with Crippen molar-refractivity contribution in [3.63, 3.8) is 0 Å². The lowest BCUT2D eigenvalue weighted by Crippen LogP contribution is -2.37. The summed E-state index contributed by atoms with van der Waals surface area (Å²) in [5, 5.41) is 9.81. The molecule has 1 unspecified atom stereocenters. The quantitative estimate of drug-likeness (QED) is 0.0164. The first-order valence-electron chi connectivity index (χ1n) is 21.2. The average molecular weight is 782 g/mol. The van der Waals surface area contributed by atoms with Crippen LogP contribution >= 0.6 is 7.82 Å². The van der Waals surface area contributed by atoms with Crippen molar-refractivity contribution in [3.8, 4) is 0 Å². The van der Waals surface area contributed by atoms with Crippen LogP contribution in [0.15, 0.2) is 60.9 Å². The Bertz CT molecular complexity index is 1070. The molecule has 0 aromatic rings. The van der Waals surface area contributed by atoms with Crippen molar-refractivity contribution in [2.45, 2.75) is 167 Å². The molecule has 0 aromatic carbocycles. The number of ether oxygens (including phenoxy) is 2. The fraction of sp³-hybridized carbons (Fsp3) is 0.750. The first-order chi connectivity index (χ1) is 26.0. The van der Waals surface area contributed by atoms with Crippen LogP contribution in [0.25, 0.3) is 0 Å². The van der Waals surface area contributed by atoms with E-state index in [2.05, 4.69) is 50.3 Å². The Kier molecular flexibility index (Phi) is 35.3. The maximum Gasteiger partial charge on any atom is 0.305 e. The SMILES string of the molecule is CCCCCCCCCCCCCC/C=C/O[C@H](COC(=O)CCC/C=C\C/C=C\C/C=C\C/C=C\[C@@H](O)CCCC)COP(=O)([O-])OCC[N+](C)(C)C. The second-order valence-electron chi connectivity index (χ2n) is 15.2. The largest absolute Gasteiger partial charge is 0.756 e. The minimum atomic E-state index is -4.54. The Hall–Kier alpha value is -2.00. The molecule has 10 heteroatoms. The zero-order chi connectivity index (χ0) is 40.0. The van der Waals surface area contributed by atoms with Gasteiger partial charge in [-0.1, -0.05) is 146 Å². The van der Waals surface area contributed by atoms with Crippen LogP contribution in [-0.4, -0.2) is 75.3 Å². The number of carbonyl (C=O) groups excluding carboxylic acids is 1. The molecule has 0 rings (SSSR count). The molecule has 54 heavy (non-hydrogen) atoms. The lowest BCUT2D eigenvalue weighted by atomic mass is 10.0. The van der Waals surface area contributed by atoms with Gasteiger partial charge in [0.2, 0.25) is 0 Å². The highest BCUT2D eigenvalue weighted by Crippen LogP contribution is 2.38. The van der Waals surface area contributed by atoms with E-state index in [-0.39, 0.29) is 38.3 Å². The number of esters is 1. The van der Waals surface area contributed by atoms with Gasteiger partial charge >= 0.3 is 5.97 Å². The summed E-state index contributed by atoms with van der Waals surface area (Å²) >= 11 is 0. The molecule has 0 fully saturated rings. The van der Waals surface area contributed by atoms with Crippen LogP contribution in [0.1, 0.15) is 155 Å². The highest BCUT2D eigenvalue weighted by Gasteiger charge is 2.19. The number of allylic oxidation sites excluding steroid dienone is 8. The summed E-state index contributed by atoms with van der Waals surface area (Å²) in [6.07, 6.45) is 42.4. The van der Waals surface area contributed by atoms with E-state index in [0.717, 1.165) is 57.8 Å². The van der Waals surface area contributed by atoms with E-state index in [1.807, 2.05) is 39.4 Å². The third-order valence-electron chi connectivity index (χ3n) is 8.73. The Morgan fingerprint density at radius 2 is 1.22 bits per heavy atom. The molecule has 0 aliphatic carbocycles. The summed E-state index contributed by atoms with van der Waals surface area (Å²) < 4.78 is 34.2. The van der Waals surface area contributed by atoms with Crippen molar-refractivity contribution in [2.24, 2.45) is 0 Å². The molecule has 0 aliphatic rings. The maximum atomic E-state index is 12.4. The molecule has 0 saturated carbocycles. The Morgan fingerprint density at radius 1 is 0.685 bits per heavy atom. The zero-order valence-electron chi connectivity index (χ0n) is 35.0. The van der Waals surface area contributed by atoms with Gasteiger partial charge in [-0.25, -0.2) is 0 Å². The number of rotatable bonds is 38. The number of likely N-dealkylation sites (N-methyl/N-ethyl adjacent to an activating group) is 1. The van der Waals surface area contributed by atoms with E-state index in [4.69, 9.17) is 18.5 Å². The van der Waals surface area contributed by atoms with Crippen molar-refractivity contribution in [3.05, 3.63) is 60.9 Å². The molecule has 1 N–H and O–H groups in total. The van der Waals surface area contributed by atoms with Crippen LogP contribution < -0.4 is 4.89 Å². The highest BCUT2D eigenvalue weighted by atomic mass is 31.2. The molecule has 0 radical (unpaired) electrons. The standard InChI is InChI=1S/C44H80NO8P/c1-6-8-10-11-12-13-14-15-18-21-24-27-30-33-38-50-43(41-53-54(48,49)52-39-37-45(3,4)5)40-51-44(47)36-32-29-26-23-20-17-16-19-22-25-28-31-35-42(46)34-9-7-2/h16-17,22-23,25-26,31,33,35,38,42-43,46H,6-15,18-21,24,27-30,32,34,36-37,39-41H2,1-5H3/b17-16-,25-22-,26-23-,35-31-,38-33+/t42-,43+/m0/s1. The number of phosphoric ester groups is 1. The molecular weight excluding hydrogens is 701 g/mol. The lowest BCUT2D eigenvalue weighted by molar-refractivity contribution is -0.870. The van der Waals surface area contributed by atoms with E-state index in [1.54, 1.807) is 6.26 Å². The third-order valence-corrected chi connectivity index (χ3v) is 9.70. The van der Waals surface area contributed by atoms with Gasteiger partial charge in [0.25, 0.3) is 7.82 Å². The van der Waals surface area contributed by atoms with Gasteiger partial charge in [-0.3, -0.25) is 9.36 Å². The van der Waals surface area contributed by atoms with Crippen LogP contribution in [0, 0.1) is 0 Å². The second kappa shape index (κ2) is 36.6. The number of phosphoric acid groups is 1. The fourth-order valence-electron chi connectivity index (χ4n) is 5.30. The number of carbonyl (C=O) groups is 1. The van der Waals surface area contributed by atoms with Gasteiger partial charge in [0.1, 0.15) is 19.8 Å². The van der Waals surface area contributed by atoms with Gasteiger partial charge in [0.05, 0.1) is 40.1 Å². The predicted octanol–water partition coefficient (Wildman–Crippen LogP) is 10.8. The zero-order valence-corrected chi connectivity index (χ0v) is 35.9. The molecule has 0 heterocycles. The molecule has 0 spiro atoms. The number of quaternary nitrogens is 1. The average Bonchev–Trinajstić information content (AvgIpc) is 3.12. The maximum absolute atomic E-state index is 12.4. The van der Waals surface area contributed by atoms with Gasteiger partial charge in [-0.05, 0) is 57.4 Å². The number of aliphatic hydroxyl groups is 1. The third kappa shape index (κ3) is 39.7. The molecule has 9 nitrogen and oxygen atoms in total. The minimum absolute atomic E-state index is 0.0101. The molecule has 0 aromatic heterocycles. The Balaban J connectivity index is 4.43. The number of unbranched alkanes of at least 4 members (excludes halogenated alkanes) is 14. The lowest BCUT2D eigenvalue weighted by Gasteiger charge is -2.28. The van der Waals surface area contributed by atoms with Gasteiger partial charge in [0.15, 0.2) is 6.10 Å². The summed E-state index contributed by atoms with van der Waals surface area (Å²) in [7, 11) is 1.30. The molecule has 0 saturated heterocycles. The van der Waals surface area contributed by atoms with E-state index in [0.29, 0.717) is 17.4 Å². The van der Waals surface area contributed by atoms with Gasteiger partial charge in [-0.2, -0.15) is 0 Å². The molecule has 3 atom stereocenters. The smallest absolute Gasteiger partial charge is 0.305 e. The predicted molar refractivity (Wildman–Crippen MR) is 223 cm³/mol. The minimum Gasteiger partial charge on any atom is -0.756 e. The first kappa shape index (κ1) is 52.0. The number of hydrogen-bond donors (Lipinski definition) is 1. The van der Waals surface area contributed by atoms with Crippen LogP contribution in [0.2, 0.25) is 0 Å². The van der Waals surface area contributed by atoms with Gasteiger partial charge < -0.3 is 33.0 Å². The second-order valence-corrected chi connectivity index (χ2v) is 16.6. The molecule has 0 aliphatic heterocycles. The Morgan fingerprint density at radius 3 is 1.81 bits per heavy atom. The number of hydrogen-bond acceptors (Lipinski definition) is 8. The number of aliphatic hydroxyl groups excluding tert-OH is 1. The topological polar surface area (TPSA) is 114 Å². The summed E-state index contributed by atoms with van der Waals surface area (Å²) in [4.78, 5) is 24.8. The normalized spacial score (nSPS) is 14.9. The molecule has 0 amide bonds. The number of nitrogens with zero attached hydrogens (tertiary/aromatic N) is 1. The van der Waals surface area contributed by atoms with Crippen LogP contribution in [0.5, 0.6) is 0 Å². The van der Waals surface area contributed by atoms with Crippen molar-refractivity contribution in [2.75, 3.05) is 47.5 Å². The summed E-state index contributed by atoms with van der Waals surface area (Å²) in [6.45, 7) is 4.46. The van der Waals surface area contributed by atoms with Crippen LogP contribution in [0.4, 0.5) is 0 Å². The van der Waals surface area contributed by atoms with Crippen molar-refractivity contribution in [1.82, 2.24) is 0 Å². The summed E-state index contributed by atoms with van der Waals surface area (Å²) in [5.41, 5.74) is 0. The van der Waals surface area contributed by atoms with Crippen molar-refractivity contribution < 1.29 is 42.4 Å². The van der Waals surface area contributed by atoms with E-state index in [9.17, 15) is 19.4 Å². The Labute approximate surface area is 331 Å². The summed E-state index contributed by atoms with van der Waals surface area (Å²) in [6, 6.07) is 0. The van der Waals surface area contributed by atoms with Gasteiger partial charge in [0, 0.05) is 6.42 Å². The van der Waals surface area contributed by atoms with Gasteiger partial charge in [-0.15, -0.1) is 0 Å². The van der Waals surface area contributed by atoms with Crippen molar-refractivity contribution >= 4 is 13.8 Å². The van der Waals surface area contributed by atoms with E-state index in [1.165, 1.54) is 70.6 Å². The summed E-state index contributed by atoms with van der Waals surface area (Å²) in [5.74, 6) is -0.362. The van der Waals surface area contributed by atoms with Crippen molar-refractivity contribution in [1.29, 1.82) is 0 Å². The molecule has 314 valence electrons. The molecular formula is C44H80NO8P. The highest BCUT2D eigenvalue weighted by molar-refractivity contribution is 7.45. The van der Waals surface area contributed by atoms with E-state index >= 15 is 0 Å². The molecule has 0 bridgehead atoms. The fourth-order valence-corrected chi connectivity index (χ4v) is 6.03. The first-order valence-corrected chi connectivity index (χ1v) is 22.6. The van der Waals surface area contributed by atoms with Crippen LogP contribution in [-0.2, 0) is 27.9 Å². The van der Waals surface area contributed by atoms with Crippen LogP contribution in [0.3, 0.4) is 0 Å².